The highest BCUT2D eigenvalue weighted by Gasteiger charge is 2.53. The number of hydrogen-bond donors (Lipinski definition) is 4. The Morgan fingerprint density at radius 3 is 2.23 bits per heavy atom. The molecule has 5 aliphatic heterocycles. The summed E-state index contributed by atoms with van der Waals surface area (Å²) in [6.45, 7) is 11.8. The summed E-state index contributed by atoms with van der Waals surface area (Å²) >= 11 is 0. The van der Waals surface area contributed by atoms with Crippen molar-refractivity contribution in [2.75, 3.05) is 34.5 Å². The summed E-state index contributed by atoms with van der Waals surface area (Å²) in [7, 11) is 4.42. The second-order valence-corrected chi connectivity index (χ2v) is 24.0. The first-order valence-electron chi connectivity index (χ1n) is 29.4. The van der Waals surface area contributed by atoms with Crippen molar-refractivity contribution in [1.82, 2.24) is 18.8 Å². The smallest absolute Gasteiger partial charge is 0.352 e. The third-order valence-corrected chi connectivity index (χ3v) is 18.0. The van der Waals surface area contributed by atoms with E-state index in [4.69, 9.17) is 34.3 Å². The molecule has 22 nitrogen and oxygen atoms in total. The first-order valence-corrected chi connectivity index (χ1v) is 29.4. The van der Waals surface area contributed by atoms with Gasteiger partial charge < -0.3 is 54.5 Å². The maximum atomic E-state index is 14.8. The van der Waals surface area contributed by atoms with Crippen molar-refractivity contribution >= 4 is 35.1 Å². The largest absolute Gasteiger partial charge is 0.460 e. The first-order chi connectivity index (χ1) is 39.4. The Morgan fingerprint density at radius 1 is 0.843 bits per heavy atom. The number of esters is 1. The predicted octanol–water partition coefficient (Wildman–Crippen LogP) is 4.82. The molecule has 0 spiro atoms. The van der Waals surface area contributed by atoms with E-state index in [1.54, 1.807) is 70.4 Å². The minimum absolute atomic E-state index is 0.0191. The van der Waals surface area contributed by atoms with Crippen molar-refractivity contribution in [2.45, 2.75) is 192 Å². The number of rotatable bonds is 10. The van der Waals surface area contributed by atoms with Gasteiger partial charge in [0.05, 0.1) is 47.9 Å². The third kappa shape index (κ3) is 14.6. The molecule has 6 heterocycles. The molecule has 0 radical (unpaired) electrons. The number of amides is 2. The number of carbonyl (C=O) groups is 5. The number of Topliss-reactive ketones (excluding diaryl/α,β-unsaturated/α-hetero) is 2. The van der Waals surface area contributed by atoms with Crippen LogP contribution in [-0.4, -0.2) is 158 Å². The molecule has 1 aliphatic carbocycles. The van der Waals surface area contributed by atoms with Crippen LogP contribution in [0.3, 0.4) is 0 Å². The van der Waals surface area contributed by atoms with E-state index in [2.05, 4.69) is 5.16 Å². The Balaban J connectivity index is 1.31. The molecular formula is C61H88N6O16. The molecule has 6 aliphatic rings. The normalized spacial score (nSPS) is 36.0. The Labute approximate surface area is 485 Å². The number of benzene rings is 1. The highest BCUT2D eigenvalue weighted by molar-refractivity contribution is 6.39. The molecule has 17 atom stereocenters. The molecular weight excluding hydrogens is 1070 g/mol. The lowest BCUT2D eigenvalue weighted by atomic mass is 9.78. The van der Waals surface area contributed by atoms with Crippen molar-refractivity contribution in [2.24, 2.45) is 46.4 Å². The lowest BCUT2D eigenvalue weighted by Crippen LogP contribution is -2.61. The maximum absolute atomic E-state index is 14.8. The number of aliphatic hydroxyl groups excluding tert-OH is 2. The number of methoxy groups -OCH3 is 3. The Kier molecular flexibility index (Phi) is 22.1. The molecule has 83 heavy (non-hydrogen) atoms. The van der Waals surface area contributed by atoms with Crippen LogP contribution in [0.15, 0.2) is 80.5 Å². The first kappa shape index (κ1) is 64.7. The molecule has 22 heteroatoms. The fraction of sp³-hybridized carbons (Fsp3) is 0.672. The highest BCUT2D eigenvalue weighted by Crippen LogP contribution is 2.39. The molecule has 2 unspecified atom stereocenters. The predicted molar refractivity (Wildman–Crippen MR) is 306 cm³/mol. The molecule has 2 aromatic rings. The van der Waals surface area contributed by atoms with E-state index in [9.17, 15) is 48.9 Å². The van der Waals surface area contributed by atoms with Crippen LogP contribution < -0.4 is 17.1 Å². The van der Waals surface area contributed by atoms with Gasteiger partial charge in [-0.15, -0.1) is 0 Å². The standard InChI is InChI=1S/C61H88N6O16/c1-34-26-38(5)53(63-81-33-52(62)70)55(80-10)54(71)39(6)27-35(2)48(69)32-50(36(3)28-41-20-24-47(68)51(30-41)79-9)82-58(74)46-18-14-15-25-64(46)57(73)56(72)61(77)40(7)19-22-44(83-61)31-49(78-8)37(4)29-43-21-23-45(34)67-60(76)65(59(75)66(43)67)42-16-12-11-13-17-42/h11-13,16-17,21,23,27,29,34-36,38,40-41,43-47,49-51,54-55,68,71,77H,14-15,18-20,22,24-26,28,30-33H2,1-10H3,(H2,62,70)/b37-29+,39-27+,63-53-/t34-,35+,36+,38+,40+,41-,43?,44-,45?,46-,47+,49-,50-,51+,54+,55-,61+/m0/s1. The molecule has 2 amide bonds. The summed E-state index contributed by atoms with van der Waals surface area (Å²) in [5, 5.41) is 39.4. The van der Waals surface area contributed by atoms with Gasteiger partial charge in [0.1, 0.15) is 30.1 Å². The topological polar surface area (TPSA) is 292 Å². The summed E-state index contributed by atoms with van der Waals surface area (Å²) < 4.78 is 34.2. The maximum Gasteiger partial charge on any atom is 0.352 e. The Morgan fingerprint density at radius 2 is 1.55 bits per heavy atom. The number of aromatic nitrogens is 3. The molecule has 4 bridgehead atoms. The molecule has 1 saturated carbocycles. The Bertz CT molecular complexity index is 2870. The fourth-order valence-electron chi connectivity index (χ4n) is 13.0. The number of allylic oxidation sites excluding steroid dienone is 4. The summed E-state index contributed by atoms with van der Waals surface area (Å²) in [5.74, 6) is -9.86. The molecule has 8 rings (SSSR count). The SMILES string of the molecule is CO[C@H]1C[C@@H]2CC[C@@H](C)[C@@](O)(O2)C(=O)C(=O)N2CCCC[C@H]2C(=O)O[C@H]([C@H](C)C[C@@H]2CC[C@@H](O)[C@H](OC)C2)CC(=O)[C@H](C)/C=C(\C)[C@@H](O)[C@@H](OC)/C(=N\OCC(N)=O)[C@H](C)C[C@H](C)C2C=CC(/C=C/1C)n1c(=O)n(-c3ccccc3)c(=O)n12. The number of hydrogen-bond acceptors (Lipinski definition) is 17. The number of nitrogens with zero attached hydrogens (tertiary/aromatic N) is 5. The van der Waals surface area contributed by atoms with E-state index in [0.29, 0.717) is 68.2 Å². The van der Waals surface area contributed by atoms with Gasteiger partial charge in [0.25, 0.3) is 17.6 Å². The summed E-state index contributed by atoms with van der Waals surface area (Å²) in [6, 6.07) is 5.81. The number of fused-ring (bicyclic) bond motifs is 15. The van der Waals surface area contributed by atoms with E-state index in [1.807, 2.05) is 39.8 Å². The second kappa shape index (κ2) is 28.3. The van der Waals surface area contributed by atoms with Gasteiger partial charge in [0.15, 0.2) is 6.61 Å². The number of ether oxygens (including phenoxy) is 5. The van der Waals surface area contributed by atoms with Crippen LogP contribution in [0.25, 0.3) is 5.69 Å². The average molecular weight is 1160 g/mol. The van der Waals surface area contributed by atoms with Crippen molar-refractivity contribution in [3.05, 3.63) is 86.8 Å². The minimum Gasteiger partial charge on any atom is -0.460 e. The Hall–Kier alpha value is -5.88. The summed E-state index contributed by atoms with van der Waals surface area (Å²) in [5.41, 5.74) is 5.75. The van der Waals surface area contributed by atoms with Gasteiger partial charge in [-0.1, -0.05) is 82.3 Å². The molecule has 1 aromatic heterocycles. The van der Waals surface area contributed by atoms with Crippen LogP contribution >= 0.6 is 0 Å². The highest BCUT2D eigenvalue weighted by atomic mass is 16.6. The van der Waals surface area contributed by atoms with Crippen LogP contribution in [0.2, 0.25) is 0 Å². The van der Waals surface area contributed by atoms with Gasteiger partial charge in [-0.3, -0.25) is 19.2 Å². The zero-order valence-corrected chi connectivity index (χ0v) is 49.8. The third-order valence-electron chi connectivity index (χ3n) is 18.0. The number of ketones is 2. The van der Waals surface area contributed by atoms with E-state index in [-0.39, 0.29) is 49.6 Å². The van der Waals surface area contributed by atoms with E-state index < -0.39 is 138 Å². The molecule has 458 valence electrons. The number of primary amides is 1. The molecule has 2 saturated heterocycles. The van der Waals surface area contributed by atoms with Crippen LogP contribution in [0.4, 0.5) is 0 Å². The number of carbonyl (C=O) groups excluding carboxylic acids is 5. The van der Waals surface area contributed by atoms with Crippen LogP contribution in [0.5, 0.6) is 0 Å². The summed E-state index contributed by atoms with van der Waals surface area (Å²) in [4.78, 5) is 106. The number of aliphatic hydroxyl groups is 3. The van der Waals surface area contributed by atoms with Crippen molar-refractivity contribution < 1.29 is 67.8 Å². The number of nitrogens with two attached hydrogens (primary N) is 1. The van der Waals surface area contributed by atoms with Gasteiger partial charge in [-0.2, -0.15) is 0 Å². The van der Waals surface area contributed by atoms with Crippen molar-refractivity contribution in [3.8, 4) is 5.69 Å². The quantitative estimate of drug-likeness (QED) is 0.107. The fourth-order valence-corrected chi connectivity index (χ4v) is 13.0. The number of para-hydroxylation sites is 1. The second-order valence-electron chi connectivity index (χ2n) is 24.0. The van der Waals surface area contributed by atoms with E-state index >= 15 is 0 Å². The van der Waals surface area contributed by atoms with Gasteiger partial charge in [-0.25, -0.2) is 28.3 Å². The van der Waals surface area contributed by atoms with Gasteiger partial charge in [-0.05, 0) is 119 Å². The summed E-state index contributed by atoms with van der Waals surface area (Å²) in [6.07, 6.45) is 5.15. The zero-order valence-electron chi connectivity index (χ0n) is 49.8. The van der Waals surface area contributed by atoms with Gasteiger partial charge in [0, 0.05) is 58.5 Å². The zero-order chi connectivity index (χ0) is 60.6. The lowest BCUT2D eigenvalue weighted by molar-refractivity contribution is -0.265. The van der Waals surface area contributed by atoms with Gasteiger partial charge >= 0.3 is 17.3 Å². The van der Waals surface area contributed by atoms with Crippen LogP contribution in [0.1, 0.15) is 138 Å². The van der Waals surface area contributed by atoms with E-state index in [0.717, 1.165) is 9.47 Å². The van der Waals surface area contributed by atoms with Crippen molar-refractivity contribution in [1.29, 1.82) is 0 Å². The van der Waals surface area contributed by atoms with Gasteiger partial charge in [0.2, 0.25) is 5.79 Å². The molecule has 3 fully saturated rings. The van der Waals surface area contributed by atoms with Crippen LogP contribution in [0, 0.1) is 35.5 Å². The van der Waals surface area contributed by atoms with Crippen LogP contribution in [-0.2, 0) is 52.5 Å². The number of oxime groups is 1. The van der Waals surface area contributed by atoms with Crippen molar-refractivity contribution in [3.63, 3.8) is 0 Å². The molecule has 1 aromatic carbocycles. The van der Waals surface area contributed by atoms with E-state index in [1.165, 1.54) is 23.6 Å². The monoisotopic (exact) mass is 1160 g/mol. The average Bonchev–Trinajstić information content (AvgIpc) is 2.19. The minimum atomic E-state index is -2.57. The molecule has 5 N–H and O–H groups in total. The lowest BCUT2D eigenvalue weighted by Gasteiger charge is -2.42. The number of piperidine rings is 1.